The van der Waals surface area contributed by atoms with Crippen LogP contribution in [0.2, 0.25) is 0 Å². The lowest BCUT2D eigenvalue weighted by atomic mass is 10.2. The summed E-state index contributed by atoms with van der Waals surface area (Å²) in [7, 11) is 0. The van der Waals surface area contributed by atoms with E-state index in [0.29, 0.717) is 5.56 Å². The number of carboxylic acid groups (broad SMARTS) is 1. The minimum absolute atomic E-state index is 0.159. The van der Waals surface area contributed by atoms with E-state index in [1.807, 2.05) is 0 Å². The van der Waals surface area contributed by atoms with E-state index in [1.54, 1.807) is 0 Å². The summed E-state index contributed by atoms with van der Waals surface area (Å²) in [6.07, 6.45) is 1.28. The van der Waals surface area contributed by atoms with Gasteiger partial charge in [-0.15, -0.1) is 5.75 Å². The van der Waals surface area contributed by atoms with E-state index in [2.05, 4.69) is 5.32 Å². The Labute approximate surface area is 92.0 Å². The third kappa shape index (κ3) is 3.45. The quantitative estimate of drug-likeness (QED) is 0.718. The summed E-state index contributed by atoms with van der Waals surface area (Å²) in [4.78, 5) is 21.5. The summed E-state index contributed by atoms with van der Waals surface area (Å²) >= 11 is 0. The zero-order chi connectivity index (χ0) is 12.1. The lowest BCUT2D eigenvalue weighted by molar-refractivity contribution is -0.268. The highest BCUT2D eigenvalue weighted by Gasteiger charge is 2.08. The number of aliphatic carboxylic acids is 1. The van der Waals surface area contributed by atoms with Crippen molar-refractivity contribution >= 4 is 18.0 Å². The fraction of sp³-hybridized carbons (Fsp3) is 0.0909. The van der Waals surface area contributed by atoms with Crippen molar-refractivity contribution in [3.63, 3.8) is 0 Å². The van der Waals surface area contributed by atoms with Crippen LogP contribution < -0.4 is 10.4 Å². The highest BCUT2D eigenvalue weighted by atomic mass is 16.4. The van der Waals surface area contributed by atoms with Gasteiger partial charge in [-0.3, -0.25) is 4.79 Å². The molecule has 0 spiro atoms. The van der Waals surface area contributed by atoms with Crippen LogP contribution in [0.15, 0.2) is 30.0 Å². The zero-order valence-corrected chi connectivity index (χ0v) is 8.56. The topological polar surface area (TPSA) is 89.5 Å². The first-order valence-electron chi connectivity index (χ1n) is 4.48. The van der Waals surface area contributed by atoms with Crippen molar-refractivity contribution in [3.8, 4) is 5.75 Å². The maximum absolute atomic E-state index is 10.8. The van der Waals surface area contributed by atoms with E-state index in [9.17, 15) is 14.7 Å². The molecule has 0 unspecified atom stereocenters. The summed E-state index contributed by atoms with van der Waals surface area (Å²) in [6, 6.07) is 5.60. The van der Waals surface area contributed by atoms with Gasteiger partial charge in [0.25, 0.3) is 0 Å². The first-order valence-corrected chi connectivity index (χ1v) is 4.48. The van der Waals surface area contributed by atoms with E-state index >= 15 is 0 Å². The molecule has 5 heteroatoms. The highest BCUT2D eigenvalue weighted by molar-refractivity contribution is 5.96. The molecular formula is C11H10NO4-. The molecule has 0 heterocycles. The molecule has 0 fully saturated rings. The van der Waals surface area contributed by atoms with Crippen molar-refractivity contribution < 1.29 is 19.8 Å². The first-order chi connectivity index (χ1) is 7.49. The van der Waals surface area contributed by atoms with Crippen LogP contribution >= 0.6 is 0 Å². The van der Waals surface area contributed by atoms with Crippen molar-refractivity contribution in [2.45, 2.75) is 6.92 Å². The van der Waals surface area contributed by atoms with Crippen LogP contribution in [0.3, 0.4) is 0 Å². The smallest absolute Gasteiger partial charge is 0.352 e. The monoisotopic (exact) mass is 220 g/mol. The molecule has 1 aromatic rings. The van der Waals surface area contributed by atoms with Gasteiger partial charge in [0, 0.05) is 6.92 Å². The Morgan fingerprint density at radius 2 is 1.88 bits per heavy atom. The van der Waals surface area contributed by atoms with Gasteiger partial charge in [0.2, 0.25) is 5.91 Å². The molecule has 0 bridgehead atoms. The van der Waals surface area contributed by atoms with Crippen molar-refractivity contribution in [1.29, 1.82) is 0 Å². The van der Waals surface area contributed by atoms with Crippen molar-refractivity contribution in [1.82, 2.24) is 5.32 Å². The Morgan fingerprint density at radius 3 is 2.31 bits per heavy atom. The molecular weight excluding hydrogens is 210 g/mol. The minimum Gasteiger partial charge on any atom is -0.872 e. The van der Waals surface area contributed by atoms with Gasteiger partial charge in [-0.05, 0) is 11.6 Å². The maximum atomic E-state index is 10.8. The Balaban J connectivity index is 2.97. The number of rotatable bonds is 3. The molecule has 5 nitrogen and oxygen atoms in total. The van der Waals surface area contributed by atoms with Gasteiger partial charge in [-0.25, -0.2) is 4.79 Å². The highest BCUT2D eigenvalue weighted by Crippen LogP contribution is 2.10. The van der Waals surface area contributed by atoms with Crippen LogP contribution in [0, 0.1) is 0 Å². The largest absolute Gasteiger partial charge is 0.872 e. The number of carbonyl (C=O) groups excluding carboxylic acids is 1. The standard InChI is InChI=1S/C11H11NO4/c1-7(13)12-10(11(15)16)6-8-2-4-9(14)5-3-8/h2-6,14H,1H3,(H,12,13)(H,15,16)/p-1. The lowest BCUT2D eigenvalue weighted by Gasteiger charge is -2.05. The van der Waals surface area contributed by atoms with E-state index < -0.39 is 11.9 Å². The second-order valence-electron chi connectivity index (χ2n) is 3.11. The molecule has 0 aliphatic heterocycles. The molecule has 0 radical (unpaired) electrons. The molecule has 0 aromatic heterocycles. The number of hydrogen-bond acceptors (Lipinski definition) is 3. The maximum Gasteiger partial charge on any atom is 0.352 e. The minimum atomic E-state index is -1.23. The van der Waals surface area contributed by atoms with Gasteiger partial charge in [0.15, 0.2) is 0 Å². The van der Waals surface area contributed by atoms with Crippen LogP contribution in [-0.4, -0.2) is 17.0 Å². The second kappa shape index (κ2) is 4.97. The van der Waals surface area contributed by atoms with E-state index in [-0.39, 0.29) is 11.4 Å². The van der Waals surface area contributed by atoms with E-state index in [1.165, 1.54) is 37.3 Å². The molecule has 0 atom stereocenters. The predicted molar refractivity (Wildman–Crippen MR) is 55.3 cm³/mol. The summed E-state index contributed by atoms with van der Waals surface area (Å²) < 4.78 is 0. The number of benzene rings is 1. The van der Waals surface area contributed by atoms with Crippen molar-refractivity contribution in [3.05, 3.63) is 35.5 Å². The zero-order valence-electron chi connectivity index (χ0n) is 8.56. The molecule has 1 amide bonds. The van der Waals surface area contributed by atoms with Crippen LogP contribution in [0.5, 0.6) is 5.75 Å². The van der Waals surface area contributed by atoms with Crippen LogP contribution in [-0.2, 0) is 9.59 Å². The molecule has 0 aliphatic rings. The fourth-order valence-electron chi connectivity index (χ4n) is 1.07. The predicted octanol–water partition coefficient (Wildman–Crippen LogP) is 0.322. The third-order valence-corrected chi connectivity index (χ3v) is 1.73. The van der Waals surface area contributed by atoms with Crippen molar-refractivity contribution in [2.75, 3.05) is 0 Å². The Morgan fingerprint density at radius 1 is 1.31 bits per heavy atom. The Hall–Kier alpha value is -2.30. The number of carboxylic acids is 1. The Bertz CT molecular complexity index is 434. The van der Waals surface area contributed by atoms with Gasteiger partial charge in [0.05, 0.1) is 0 Å². The van der Waals surface area contributed by atoms with E-state index in [4.69, 9.17) is 5.11 Å². The van der Waals surface area contributed by atoms with Crippen LogP contribution in [0.4, 0.5) is 0 Å². The molecule has 1 rings (SSSR count). The van der Waals surface area contributed by atoms with Gasteiger partial charge in [-0.2, -0.15) is 0 Å². The average Bonchev–Trinajstić information content (AvgIpc) is 2.19. The molecule has 0 saturated heterocycles. The molecule has 84 valence electrons. The van der Waals surface area contributed by atoms with Gasteiger partial charge < -0.3 is 15.5 Å². The molecule has 0 aliphatic carbocycles. The number of amides is 1. The SMILES string of the molecule is CC(=O)NC(=Cc1ccc([O-])cc1)C(=O)O. The number of carbonyl (C=O) groups is 2. The Kier molecular flexibility index (Phi) is 3.66. The van der Waals surface area contributed by atoms with Gasteiger partial charge in [-0.1, -0.05) is 24.3 Å². The van der Waals surface area contributed by atoms with Crippen LogP contribution in [0.1, 0.15) is 12.5 Å². The summed E-state index contributed by atoms with van der Waals surface area (Å²) in [5, 5.41) is 21.8. The van der Waals surface area contributed by atoms with Crippen molar-refractivity contribution in [2.24, 2.45) is 0 Å². The van der Waals surface area contributed by atoms with Gasteiger partial charge >= 0.3 is 5.97 Å². The summed E-state index contributed by atoms with van der Waals surface area (Å²) in [6.45, 7) is 1.22. The second-order valence-corrected chi connectivity index (χ2v) is 3.11. The normalized spacial score (nSPS) is 10.9. The van der Waals surface area contributed by atoms with E-state index in [0.717, 1.165) is 0 Å². The molecule has 0 saturated carbocycles. The lowest BCUT2D eigenvalue weighted by Crippen LogP contribution is -2.24. The molecule has 2 N–H and O–H groups in total. The molecule has 16 heavy (non-hydrogen) atoms. The number of nitrogens with one attached hydrogen (secondary N) is 1. The average molecular weight is 220 g/mol. The van der Waals surface area contributed by atoms with Crippen LogP contribution in [0.25, 0.3) is 6.08 Å². The van der Waals surface area contributed by atoms with Gasteiger partial charge in [0.1, 0.15) is 5.70 Å². The third-order valence-electron chi connectivity index (χ3n) is 1.73. The summed E-state index contributed by atoms with van der Waals surface area (Å²) in [5.41, 5.74) is 0.303. The summed E-state index contributed by atoms with van der Waals surface area (Å²) in [5.74, 6) is -1.86. The molecule has 1 aromatic carbocycles. The first kappa shape index (κ1) is 11.8. The number of hydrogen-bond donors (Lipinski definition) is 2. The fourth-order valence-corrected chi connectivity index (χ4v) is 1.07.